The largest absolute Gasteiger partial charge is 0.288 e. The van der Waals surface area contributed by atoms with Gasteiger partial charge in [0.15, 0.2) is 0 Å². The smallest absolute Gasteiger partial charge is 0.206 e. The van der Waals surface area contributed by atoms with Crippen LogP contribution in [0.5, 0.6) is 0 Å². The second-order valence-corrected chi connectivity index (χ2v) is 4.69. The van der Waals surface area contributed by atoms with Gasteiger partial charge in [-0.1, -0.05) is 0 Å². The lowest BCUT2D eigenvalue weighted by Crippen LogP contribution is -1.96. The molecule has 5 heteroatoms. The van der Waals surface area contributed by atoms with Gasteiger partial charge in [0, 0.05) is 23.1 Å². The fourth-order valence-electron chi connectivity index (χ4n) is 1.11. The molecule has 0 unspecified atom stereocenters. The lowest BCUT2D eigenvalue weighted by atomic mass is 10.2. The molecule has 3 nitrogen and oxygen atoms in total. The number of hydrogen-bond donors (Lipinski definition) is 0. The van der Waals surface area contributed by atoms with E-state index in [1.54, 1.807) is 24.1 Å². The molecule has 0 spiro atoms. The zero-order chi connectivity index (χ0) is 10.1. The lowest BCUT2D eigenvalue weighted by molar-refractivity contribution is 0.104. The summed E-state index contributed by atoms with van der Waals surface area (Å²) in [6.07, 6.45) is 3.30. The third-order valence-corrected chi connectivity index (χ3v) is 3.45. The summed E-state index contributed by atoms with van der Waals surface area (Å²) in [5.41, 5.74) is 0.627. The molecule has 0 aliphatic carbocycles. The van der Waals surface area contributed by atoms with E-state index in [4.69, 9.17) is 0 Å². The first kappa shape index (κ1) is 9.61. The molecular formula is C9H7BrN2OS. The van der Waals surface area contributed by atoms with Gasteiger partial charge in [0.1, 0.15) is 0 Å². The van der Waals surface area contributed by atoms with Gasteiger partial charge in [0.2, 0.25) is 5.78 Å². The molecule has 2 heterocycles. The second kappa shape index (κ2) is 3.67. The molecule has 2 aromatic rings. The summed E-state index contributed by atoms with van der Waals surface area (Å²) in [6.45, 7) is 0. The highest BCUT2D eigenvalue weighted by atomic mass is 79.9. The van der Waals surface area contributed by atoms with Crippen LogP contribution in [0.3, 0.4) is 0 Å². The van der Waals surface area contributed by atoms with E-state index in [9.17, 15) is 4.79 Å². The first-order chi connectivity index (χ1) is 6.66. The van der Waals surface area contributed by atoms with Gasteiger partial charge in [0.05, 0.1) is 16.6 Å². The zero-order valence-electron chi connectivity index (χ0n) is 7.40. The number of ketones is 1. The van der Waals surface area contributed by atoms with E-state index in [2.05, 4.69) is 21.0 Å². The van der Waals surface area contributed by atoms with Gasteiger partial charge in [-0.05, 0) is 22.0 Å². The molecule has 0 fully saturated rings. The number of halogens is 1. The fraction of sp³-hybridized carbons (Fsp3) is 0.111. The Bertz CT molecular complexity index is 432. The molecule has 2 rings (SSSR count). The number of hydrogen-bond acceptors (Lipinski definition) is 3. The van der Waals surface area contributed by atoms with Gasteiger partial charge < -0.3 is 0 Å². The maximum absolute atomic E-state index is 11.8. The minimum atomic E-state index is 0.0220. The Morgan fingerprint density at radius 2 is 2.43 bits per heavy atom. The Morgan fingerprint density at radius 1 is 1.64 bits per heavy atom. The third-order valence-electron chi connectivity index (χ3n) is 1.76. The van der Waals surface area contributed by atoms with Crippen molar-refractivity contribution < 1.29 is 4.79 Å². The average molecular weight is 271 g/mol. The molecule has 0 aliphatic rings. The van der Waals surface area contributed by atoms with Crippen LogP contribution in [0.4, 0.5) is 0 Å². The Morgan fingerprint density at radius 3 is 2.93 bits per heavy atom. The van der Waals surface area contributed by atoms with Crippen molar-refractivity contribution in [1.82, 2.24) is 9.78 Å². The highest BCUT2D eigenvalue weighted by molar-refractivity contribution is 9.10. The summed E-state index contributed by atoms with van der Waals surface area (Å²) in [5, 5.41) is 5.85. The molecule has 2 aromatic heterocycles. The van der Waals surface area contributed by atoms with Gasteiger partial charge in [-0.3, -0.25) is 9.48 Å². The number of aryl methyl sites for hydroxylation is 1. The molecule has 0 aliphatic heterocycles. The van der Waals surface area contributed by atoms with Crippen LogP contribution in [0.15, 0.2) is 28.3 Å². The number of carbonyl (C=O) groups is 1. The molecule has 14 heavy (non-hydrogen) atoms. The first-order valence-corrected chi connectivity index (χ1v) is 5.61. The molecule has 0 aromatic carbocycles. The van der Waals surface area contributed by atoms with Gasteiger partial charge in [-0.15, -0.1) is 11.3 Å². The van der Waals surface area contributed by atoms with Crippen molar-refractivity contribution in [3.63, 3.8) is 0 Å². The van der Waals surface area contributed by atoms with Crippen molar-refractivity contribution in [2.24, 2.45) is 7.05 Å². The van der Waals surface area contributed by atoms with Crippen LogP contribution in [0, 0.1) is 0 Å². The second-order valence-electron chi connectivity index (χ2n) is 2.86. The van der Waals surface area contributed by atoms with Crippen molar-refractivity contribution in [1.29, 1.82) is 0 Å². The Labute approximate surface area is 93.5 Å². The monoisotopic (exact) mass is 270 g/mol. The van der Waals surface area contributed by atoms with E-state index in [-0.39, 0.29) is 5.78 Å². The van der Waals surface area contributed by atoms with E-state index >= 15 is 0 Å². The normalized spacial score (nSPS) is 10.4. The molecule has 0 radical (unpaired) electrons. The van der Waals surface area contributed by atoms with E-state index in [1.807, 2.05) is 11.4 Å². The number of nitrogens with zero attached hydrogens (tertiary/aromatic N) is 2. The molecular weight excluding hydrogens is 264 g/mol. The summed E-state index contributed by atoms with van der Waals surface area (Å²) in [4.78, 5) is 12.5. The summed E-state index contributed by atoms with van der Waals surface area (Å²) < 4.78 is 2.56. The van der Waals surface area contributed by atoms with E-state index in [0.29, 0.717) is 5.56 Å². The standard InChI is InChI=1S/C9H7BrN2OS/c1-12-4-6(3-11-12)9(13)8-2-7(10)5-14-8/h2-5H,1H3. The predicted octanol–water partition coefficient (Wildman–Crippen LogP) is 2.48. The third kappa shape index (κ3) is 1.78. The Balaban J connectivity index is 2.33. The predicted molar refractivity (Wildman–Crippen MR) is 58.7 cm³/mol. The van der Waals surface area contributed by atoms with E-state index < -0.39 is 0 Å². The molecule has 0 amide bonds. The van der Waals surface area contributed by atoms with Crippen molar-refractivity contribution in [3.8, 4) is 0 Å². The zero-order valence-corrected chi connectivity index (χ0v) is 9.80. The quantitative estimate of drug-likeness (QED) is 0.786. The number of rotatable bonds is 2. The molecule has 72 valence electrons. The SMILES string of the molecule is Cn1cc(C(=O)c2cc(Br)cs2)cn1. The van der Waals surface area contributed by atoms with Crippen LogP contribution in [0.25, 0.3) is 0 Å². The Hall–Kier alpha value is -0.940. The maximum Gasteiger partial charge on any atom is 0.206 e. The number of thiophene rings is 1. The molecule has 0 atom stereocenters. The fourth-order valence-corrected chi connectivity index (χ4v) is 2.50. The van der Waals surface area contributed by atoms with Crippen LogP contribution in [-0.2, 0) is 7.05 Å². The topological polar surface area (TPSA) is 34.9 Å². The molecule has 0 saturated carbocycles. The van der Waals surface area contributed by atoms with Gasteiger partial charge in [0.25, 0.3) is 0 Å². The average Bonchev–Trinajstić information content (AvgIpc) is 2.73. The summed E-state index contributed by atoms with van der Waals surface area (Å²) >= 11 is 4.74. The van der Waals surface area contributed by atoms with Crippen LogP contribution < -0.4 is 0 Å². The lowest BCUT2D eigenvalue weighted by Gasteiger charge is -1.90. The van der Waals surface area contributed by atoms with Crippen molar-refractivity contribution in [2.75, 3.05) is 0 Å². The minimum absolute atomic E-state index is 0.0220. The maximum atomic E-state index is 11.8. The van der Waals surface area contributed by atoms with Crippen LogP contribution in [0.1, 0.15) is 15.2 Å². The molecule has 0 N–H and O–H groups in total. The number of carbonyl (C=O) groups excluding carboxylic acids is 1. The molecule has 0 bridgehead atoms. The van der Waals surface area contributed by atoms with Gasteiger partial charge >= 0.3 is 0 Å². The highest BCUT2D eigenvalue weighted by Gasteiger charge is 2.12. The van der Waals surface area contributed by atoms with Crippen LogP contribution in [0.2, 0.25) is 0 Å². The van der Waals surface area contributed by atoms with E-state index in [1.165, 1.54) is 11.3 Å². The Kier molecular flexibility index (Phi) is 2.52. The summed E-state index contributed by atoms with van der Waals surface area (Å²) in [5.74, 6) is 0.0220. The van der Waals surface area contributed by atoms with Crippen LogP contribution in [-0.4, -0.2) is 15.6 Å². The van der Waals surface area contributed by atoms with Crippen molar-refractivity contribution in [3.05, 3.63) is 38.8 Å². The summed E-state index contributed by atoms with van der Waals surface area (Å²) in [7, 11) is 1.79. The van der Waals surface area contributed by atoms with Crippen LogP contribution >= 0.6 is 27.3 Å². The first-order valence-electron chi connectivity index (χ1n) is 3.94. The van der Waals surface area contributed by atoms with E-state index in [0.717, 1.165) is 9.35 Å². The number of aromatic nitrogens is 2. The van der Waals surface area contributed by atoms with Gasteiger partial charge in [-0.25, -0.2) is 0 Å². The van der Waals surface area contributed by atoms with Crippen molar-refractivity contribution >= 4 is 33.0 Å². The molecule has 0 saturated heterocycles. The van der Waals surface area contributed by atoms with Gasteiger partial charge in [-0.2, -0.15) is 5.10 Å². The minimum Gasteiger partial charge on any atom is -0.288 e. The van der Waals surface area contributed by atoms with Crippen molar-refractivity contribution in [2.45, 2.75) is 0 Å². The summed E-state index contributed by atoms with van der Waals surface area (Å²) in [6, 6.07) is 1.82. The highest BCUT2D eigenvalue weighted by Crippen LogP contribution is 2.22.